The Balaban J connectivity index is 1.75. The Bertz CT molecular complexity index is 896. The number of carbonyl (C=O) groups excluding carboxylic acids is 1. The van der Waals surface area contributed by atoms with Crippen molar-refractivity contribution in [2.75, 3.05) is 6.61 Å². The molecule has 3 aromatic rings. The van der Waals surface area contributed by atoms with E-state index < -0.39 is 36.0 Å². The molecule has 1 heterocycles. The Hall–Kier alpha value is -3.03. The monoisotopic (exact) mass is 420 g/mol. The van der Waals surface area contributed by atoms with Crippen LogP contribution < -0.4 is 0 Å². The van der Waals surface area contributed by atoms with Gasteiger partial charge in [0, 0.05) is 0 Å². The van der Waals surface area contributed by atoms with Gasteiger partial charge in [-0.1, -0.05) is 91.0 Å². The molecule has 1 aliphatic rings. The van der Waals surface area contributed by atoms with Crippen LogP contribution in [0.1, 0.15) is 16.7 Å². The third-order valence-electron chi connectivity index (χ3n) is 5.54. The zero-order valence-corrected chi connectivity index (χ0v) is 16.7. The number of esters is 1. The van der Waals surface area contributed by atoms with Crippen molar-refractivity contribution in [1.82, 2.24) is 0 Å². The van der Waals surface area contributed by atoms with E-state index in [9.17, 15) is 20.1 Å². The molecule has 4 rings (SSSR count). The topological polar surface area (TPSA) is 96.2 Å². The fourth-order valence-corrected chi connectivity index (χ4v) is 3.97. The predicted molar refractivity (Wildman–Crippen MR) is 113 cm³/mol. The highest BCUT2D eigenvalue weighted by molar-refractivity contribution is 5.77. The first kappa shape index (κ1) is 21.2. The van der Waals surface area contributed by atoms with Crippen LogP contribution >= 0.6 is 0 Å². The Morgan fingerprint density at radius 2 is 1.23 bits per heavy atom. The number of aliphatic hydroxyl groups is 3. The van der Waals surface area contributed by atoms with E-state index in [-0.39, 0.29) is 6.61 Å². The normalized spacial score (nSPS) is 22.2. The van der Waals surface area contributed by atoms with Gasteiger partial charge in [0.15, 0.2) is 12.2 Å². The summed E-state index contributed by atoms with van der Waals surface area (Å²) < 4.78 is 11.4. The quantitative estimate of drug-likeness (QED) is 0.400. The molecule has 0 aromatic heterocycles. The number of hydrogen-bond donors (Lipinski definition) is 3. The Kier molecular flexibility index (Phi) is 6.15. The molecule has 6 nitrogen and oxygen atoms in total. The standard InChI is InChI=1S/C25H24O6/c26-20(23-21(27)22(28)24(29)31-23)16-30-25(17-10-4-1-5-11-17,18-12-6-2-7-13-18)19-14-8-3-9-15-19/h1-15,20-23,26-28H,16H2/t20-,21+,22-,23+/m1/s1. The van der Waals surface area contributed by atoms with Crippen molar-refractivity contribution in [1.29, 1.82) is 0 Å². The van der Waals surface area contributed by atoms with E-state index in [2.05, 4.69) is 0 Å². The van der Waals surface area contributed by atoms with Gasteiger partial charge in [0.05, 0.1) is 6.61 Å². The fraction of sp³-hybridized carbons (Fsp3) is 0.240. The van der Waals surface area contributed by atoms with E-state index in [1.807, 2.05) is 91.0 Å². The first-order valence-electron chi connectivity index (χ1n) is 10.1. The zero-order valence-electron chi connectivity index (χ0n) is 16.7. The molecule has 31 heavy (non-hydrogen) atoms. The molecule has 6 heteroatoms. The van der Waals surface area contributed by atoms with Crippen molar-refractivity contribution in [2.45, 2.75) is 30.0 Å². The molecular formula is C25H24O6. The van der Waals surface area contributed by atoms with Crippen molar-refractivity contribution in [2.24, 2.45) is 0 Å². The molecule has 0 amide bonds. The molecule has 0 unspecified atom stereocenters. The van der Waals surface area contributed by atoms with Crippen molar-refractivity contribution in [3.8, 4) is 0 Å². The minimum atomic E-state index is -1.68. The number of benzene rings is 3. The van der Waals surface area contributed by atoms with Gasteiger partial charge in [-0.05, 0) is 16.7 Å². The molecular weight excluding hydrogens is 396 g/mol. The molecule has 1 saturated heterocycles. The number of cyclic esters (lactones) is 1. The smallest absolute Gasteiger partial charge is 0.338 e. The minimum absolute atomic E-state index is 0.250. The van der Waals surface area contributed by atoms with Crippen molar-refractivity contribution < 1.29 is 29.6 Å². The van der Waals surface area contributed by atoms with E-state index in [4.69, 9.17) is 9.47 Å². The van der Waals surface area contributed by atoms with Gasteiger partial charge in [-0.3, -0.25) is 0 Å². The van der Waals surface area contributed by atoms with Gasteiger partial charge in [0.25, 0.3) is 0 Å². The third kappa shape index (κ3) is 3.98. The lowest BCUT2D eigenvalue weighted by Crippen LogP contribution is -2.43. The lowest BCUT2D eigenvalue weighted by atomic mass is 9.80. The van der Waals surface area contributed by atoms with Gasteiger partial charge >= 0.3 is 5.97 Å². The molecule has 0 saturated carbocycles. The third-order valence-corrected chi connectivity index (χ3v) is 5.54. The molecule has 0 aliphatic carbocycles. The highest BCUT2D eigenvalue weighted by Gasteiger charge is 2.47. The van der Waals surface area contributed by atoms with E-state index in [1.165, 1.54) is 0 Å². The van der Waals surface area contributed by atoms with Crippen molar-refractivity contribution in [3.63, 3.8) is 0 Å². The molecule has 1 aliphatic heterocycles. The first-order valence-corrected chi connectivity index (χ1v) is 10.1. The van der Waals surface area contributed by atoms with Crippen LogP contribution in [-0.4, -0.2) is 52.3 Å². The van der Waals surface area contributed by atoms with E-state index in [1.54, 1.807) is 0 Å². The minimum Gasteiger partial charge on any atom is -0.455 e. The first-order chi connectivity index (χ1) is 15.0. The summed E-state index contributed by atoms with van der Waals surface area (Å²) in [6, 6.07) is 28.9. The molecule has 3 aromatic carbocycles. The van der Waals surface area contributed by atoms with Crippen molar-refractivity contribution in [3.05, 3.63) is 108 Å². The summed E-state index contributed by atoms with van der Waals surface area (Å²) in [5.41, 5.74) is 1.49. The largest absolute Gasteiger partial charge is 0.455 e. The molecule has 3 N–H and O–H groups in total. The van der Waals surface area contributed by atoms with E-state index in [0.29, 0.717) is 0 Å². The molecule has 1 fully saturated rings. The highest BCUT2D eigenvalue weighted by atomic mass is 16.6. The van der Waals surface area contributed by atoms with Crippen LogP contribution in [0.15, 0.2) is 91.0 Å². The lowest BCUT2D eigenvalue weighted by molar-refractivity contribution is -0.153. The maximum atomic E-state index is 11.6. The molecule has 0 radical (unpaired) electrons. The van der Waals surface area contributed by atoms with E-state index in [0.717, 1.165) is 16.7 Å². The number of hydrogen-bond acceptors (Lipinski definition) is 6. The van der Waals surface area contributed by atoms with Crippen LogP contribution in [0.3, 0.4) is 0 Å². The van der Waals surface area contributed by atoms with Gasteiger partial charge in [-0.2, -0.15) is 0 Å². The molecule has 0 spiro atoms. The lowest BCUT2D eigenvalue weighted by Gasteiger charge is -2.37. The number of ether oxygens (including phenoxy) is 2. The van der Waals surface area contributed by atoms with Gasteiger partial charge in [0.1, 0.15) is 17.8 Å². The summed E-state index contributed by atoms with van der Waals surface area (Å²) in [4.78, 5) is 11.6. The zero-order chi connectivity index (χ0) is 21.8. The highest BCUT2D eigenvalue weighted by Crippen LogP contribution is 2.40. The van der Waals surface area contributed by atoms with Crippen LogP contribution in [0.25, 0.3) is 0 Å². The predicted octanol–water partition coefficient (Wildman–Crippen LogP) is 2.00. The van der Waals surface area contributed by atoms with Crippen LogP contribution in [0.5, 0.6) is 0 Å². The molecule has 160 valence electrons. The molecule has 4 atom stereocenters. The second-order valence-corrected chi connectivity index (χ2v) is 7.49. The second kappa shape index (κ2) is 8.99. The van der Waals surface area contributed by atoms with Crippen LogP contribution in [0.2, 0.25) is 0 Å². The average Bonchev–Trinajstić information content (AvgIpc) is 3.09. The summed E-state index contributed by atoms with van der Waals surface area (Å²) >= 11 is 0. The fourth-order valence-electron chi connectivity index (χ4n) is 3.97. The summed E-state index contributed by atoms with van der Waals surface area (Å²) in [5, 5.41) is 30.4. The number of aliphatic hydroxyl groups excluding tert-OH is 3. The maximum absolute atomic E-state index is 11.6. The number of rotatable bonds is 7. The van der Waals surface area contributed by atoms with Gasteiger partial charge < -0.3 is 24.8 Å². The van der Waals surface area contributed by atoms with Crippen LogP contribution in [0.4, 0.5) is 0 Å². The van der Waals surface area contributed by atoms with Gasteiger partial charge in [-0.25, -0.2) is 4.79 Å². The molecule has 0 bridgehead atoms. The summed E-state index contributed by atoms with van der Waals surface area (Å²) in [7, 11) is 0. The second-order valence-electron chi connectivity index (χ2n) is 7.49. The van der Waals surface area contributed by atoms with E-state index >= 15 is 0 Å². The Morgan fingerprint density at radius 3 is 1.58 bits per heavy atom. The van der Waals surface area contributed by atoms with Gasteiger partial charge in [-0.15, -0.1) is 0 Å². The average molecular weight is 420 g/mol. The summed E-state index contributed by atoms with van der Waals surface area (Å²) in [6.45, 7) is -0.250. The summed E-state index contributed by atoms with van der Waals surface area (Å²) in [5.74, 6) is -0.961. The Morgan fingerprint density at radius 1 is 0.806 bits per heavy atom. The summed E-state index contributed by atoms with van der Waals surface area (Å²) in [6.07, 6.45) is -5.82. The SMILES string of the molecule is O=C1O[C@@H]([C@H](O)COC(c2ccccc2)(c2ccccc2)c2ccccc2)[C@@H](O)[C@H]1O. The maximum Gasteiger partial charge on any atom is 0.338 e. The van der Waals surface area contributed by atoms with Crippen molar-refractivity contribution >= 4 is 5.97 Å². The van der Waals surface area contributed by atoms with Gasteiger partial charge in [0.2, 0.25) is 0 Å². The van der Waals surface area contributed by atoms with Crippen LogP contribution in [0, 0.1) is 0 Å². The van der Waals surface area contributed by atoms with Crippen LogP contribution in [-0.2, 0) is 19.9 Å². The number of carbonyl (C=O) groups is 1. The Labute approximate surface area is 180 Å².